The van der Waals surface area contributed by atoms with Crippen LogP contribution in [0.5, 0.6) is 0 Å². The molecule has 0 heterocycles. The molecule has 0 aliphatic rings. The molecule has 0 radical (unpaired) electrons. The summed E-state index contributed by atoms with van der Waals surface area (Å²) in [6, 6.07) is 3.19. The third-order valence-corrected chi connectivity index (χ3v) is 2.60. The predicted molar refractivity (Wildman–Crippen MR) is 72.8 cm³/mol. The van der Waals surface area contributed by atoms with Gasteiger partial charge in [0, 0.05) is 12.5 Å². The number of carbonyl (C=O) groups is 2. The Hall–Kier alpha value is -2.97. The molecule has 0 aliphatic carbocycles. The number of nitro groups is 1. The Morgan fingerprint density at radius 1 is 1.38 bits per heavy atom. The van der Waals surface area contributed by atoms with Crippen molar-refractivity contribution in [2.45, 2.75) is 19.8 Å². The SMILES string of the molecule is C/C(CCC(=O)Nc1ccc(C(=O)O)cc1[N+](=O)[O-])=N\O. The highest BCUT2D eigenvalue weighted by atomic mass is 16.6. The Balaban J connectivity index is 2.90. The molecule has 0 saturated carbocycles. The molecular formula is C12H13N3O6. The number of rotatable bonds is 6. The third kappa shape index (κ3) is 4.56. The van der Waals surface area contributed by atoms with Gasteiger partial charge in [-0.15, -0.1) is 0 Å². The summed E-state index contributed by atoms with van der Waals surface area (Å²) < 4.78 is 0. The maximum Gasteiger partial charge on any atom is 0.335 e. The van der Waals surface area contributed by atoms with E-state index in [1.54, 1.807) is 0 Å². The van der Waals surface area contributed by atoms with Crippen LogP contribution in [0.3, 0.4) is 0 Å². The molecule has 0 spiro atoms. The van der Waals surface area contributed by atoms with Crippen LogP contribution in [0.4, 0.5) is 11.4 Å². The molecule has 0 aliphatic heterocycles. The molecule has 112 valence electrons. The van der Waals surface area contributed by atoms with E-state index in [1.165, 1.54) is 6.92 Å². The Morgan fingerprint density at radius 2 is 2.05 bits per heavy atom. The number of oxime groups is 1. The summed E-state index contributed by atoms with van der Waals surface area (Å²) in [5.74, 6) is -1.81. The van der Waals surface area contributed by atoms with Crippen molar-refractivity contribution in [1.29, 1.82) is 0 Å². The summed E-state index contributed by atoms with van der Waals surface area (Å²) in [7, 11) is 0. The number of hydrogen-bond donors (Lipinski definition) is 3. The molecule has 1 aromatic carbocycles. The number of nitrogens with one attached hydrogen (secondary N) is 1. The number of aromatic carboxylic acids is 1. The first-order chi connectivity index (χ1) is 9.85. The average Bonchev–Trinajstić information content (AvgIpc) is 2.44. The minimum atomic E-state index is -1.30. The number of amides is 1. The Morgan fingerprint density at radius 3 is 2.57 bits per heavy atom. The van der Waals surface area contributed by atoms with Crippen LogP contribution in [0.1, 0.15) is 30.1 Å². The van der Waals surface area contributed by atoms with E-state index >= 15 is 0 Å². The van der Waals surface area contributed by atoms with Crippen molar-refractivity contribution in [3.05, 3.63) is 33.9 Å². The number of nitro benzene ring substituents is 1. The number of anilines is 1. The number of hydrogen-bond acceptors (Lipinski definition) is 6. The monoisotopic (exact) mass is 295 g/mol. The second kappa shape index (κ2) is 6.98. The summed E-state index contributed by atoms with van der Waals surface area (Å²) in [6.45, 7) is 1.53. The van der Waals surface area contributed by atoms with Crippen LogP contribution in [0, 0.1) is 10.1 Å². The van der Waals surface area contributed by atoms with Gasteiger partial charge in [-0.3, -0.25) is 14.9 Å². The first kappa shape index (κ1) is 16.1. The molecule has 0 saturated heterocycles. The summed E-state index contributed by atoms with van der Waals surface area (Å²) >= 11 is 0. The van der Waals surface area contributed by atoms with Crippen LogP contribution in [0.2, 0.25) is 0 Å². The molecule has 1 aromatic rings. The summed E-state index contributed by atoms with van der Waals surface area (Å²) in [4.78, 5) is 32.5. The maximum atomic E-state index is 11.6. The largest absolute Gasteiger partial charge is 0.478 e. The lowest BCUT2D eigenvalue weighted by molar-refractivity contribution is -0.384. The standard InChI is InChI=1S/C12H13N3O6/c1-7(14-19)2-5-11(16)13-9-4-3-8(12(17)18)6-10(9)15(20)21/h3-4,6,19H,2,5H2,1H3,(H,13,16)(H,17,18)/b14-7+. The number of carboxylic acid groups (broad SMARTS) is 1. The second-order valence-electron chi connectivity index (χ2n) is 4.18. The fourth-order valence-electron chi connectivity index (χ4n) is 1.48. The summed E-state index contributed by atoms with van der Waals surface area (Å²) in [5, 5.41) is 33.4. The molecule has 1 rings (SSSR count). The third-order valence-electron chi connectivity index (χ3n) is 2.60. The Labute approximate surface area is 119 Å². The smallest absolute Gasteiger partial charge is 0.335 e. The van der Waals surface area contributed by atoms with Gasteiger partial charge in [-0.2, -0.15) is 0 Å². The quantitative estimate of drug-likeness (QED) is 0.316. The lowest BCUT2D eigenvalue weighted by atomic mass is 10.1. The molecule has 0 atom stereocenters. The fraction of sp³-hybridized carbons (Fsp3) is 0.250. The highest BCUT2D eigenvalue weighted by Gasteiger charge is 2.18. The van der Waals surface area contributed by atoms with E-state index in [0.717, 1.165) is 18.2 Å². The topological polar surface area (TPSA) is 142 Å². The molecular weight excluding hydrogens is 282 g/mol. The highest BCUT2D eigenvalue weighted by Crippen LogP contribution is 2.25. The molecule has 9 nitrogen and oxygen atoms in total. The number of carbonyl (C=O) groups excluding carboxylic acids is 1. The van der Waals surface area contributed by atoms with Gasteiger partial charge >= 0.3 is 5.97 Å². The number of carboxylic acids is 1. The van der Waals surface area contributed by atoms with E-state index in [0.29, 0.717) is 5.71 Å². The first-order valence-corrected chi connectivity index (χ1v) is 5.84. The van der Waals surface area contributed by atoms with Gasteiger partial charge in [0.2, 0.25) is 5.91 Å². The summed E-state index contributed by atoms with van der Waals surface area (Å²) in [5.41, 5.74) is -0.492. The van der Waals surface area contributed by atoms with Crippen LogP contribution in [-0.4, -0.2) is 32.8 Å². The van der Waals surface area contributed by atoms with Gasteiger partial charge in [0.1, 0.15) is 5.69 Å². The number of benzene rings is 1. The van der Waals surface area contributed by atoms with Gasteiger partial charge in [0.25, 0.3) is 5.69 Å². The second-order valence-corrected chi connectivity index (χ2v) is 4.18. The average molecular weight is 295 g/mol. The number of nitrogens with zero attached hydrogens (tertiary/aromatic N) is 2. The fourth-order valence-corrected chi connectivity index (χ4v) is 1.48. The summed E-state index contributed by atoms with van der Waals surface area (Å²) in [6.07, 6.45) is 0.178. The molecule has 0 bridgehead atoms. The van der Waals surface area contributed by atoms with Crippen LogP contribution in [0.15, 0.2) is 23.4 Å². The Kier molecular flexibility index (Phi) is 5.35. The molecule has 21 heavy (non-hydrogen) atoms. The minimum Gasteiger partial charge on any atom is -0.478 e. The lowest BCUT2D eigenvalue weighted by Gasteiger charge is -2.06. The van der Waals surface area contributed by atoms with E-state index in [4.69, 9.17) is 10.3 Å². The van der Waals surface area contributed by atoms with Crippen molar-refractivity contribution in [3.63, 3.8) is 0 Å². The minimum absolute atomic E-state index is 0.0201. The van der Waals surface area contributed by atoms with Gasteiger partial charge < -0.3 is 15.6 Å². The van der Waals surface area contributed by atoms with Gasteiger partial charge in [0.05, 0.1) is 16.2 Å². The maximum absolute atomic E-state index is 11.6. The van der Waals surface area contributed by atoms with Crippen molar-refractivity contribution >= 4 is 29.0 Å². The zero-order chi connectivity index (χ0) is 16.0. The van der Waals surface area contributed by atoms with Gasteiger partial charge in [-0.25, -0.2) is 4.79 Å². The lowest BCUT2D eigenvalue weighted by Crippen LogP contribution is -2.14. The highest BCUT2D eigenvalue weighted by molar-refractivity contribution is 5.97. The normalized spacial score (nSPS) is 11.0. The molecule has 0 unspecified atom stereocenters. The van der Waals surface area contributed by atoms with Crippen molar-refractivity contribution in [2.24, 2.45) is 5.16 Å². The molecule has 9 heteroatoms. The van der Waals surface area contributed by atoms with Crippen LogP contribution in [-0.2, 0) is 4.79 Å². The van der Waals surface area contributed by atoms with E-state index in [1.807, 2.05) is 0 Å². The van der Waals surface area contributed by atoms with E-state index < -0.39 is 22.5 Å². The van der Waals surface area contributed by atoms with Crippen molar-refractivity contribution < 1.29 is 24.8 Å². The van der Waals surface area contributed by atoms with Crippen molar-refractivity contribution in [2.75, 3.05) is 5.32 Å². The van der Waals surface area contributed by atoms with E-state index in [9.17, 15) is 19.7 Å². The van der Waals surface area contributed by atoms with Crippen LogP contribution < -0.4 is 5.32 Å². The molecule has 3 N–H and O–H groups in total. The first-order valence-electron chi connectivity index (χ1n) is 5.84. The van der Waals surface area contributed by atoms with Gasteiger partial charge in [-0.05, 0) is 25.5 Å². The van der Waals surface area contributed by atoms with Gasteiger partial charge in [-0.1, -0.05) is 5.16 Å². The van der Waals surface area contributed by atoms with Crippen molar-refractivity contribution in [1.82, 2.24) is 0 Å². The van der Waals surface area contributed by atoms with E-state index in [-0.39, 0.29) is 24.1 Å². The zero-order valence-corrected chi connectivity index (χ0v) is 11.1. The molecule has 1 amide bonds. The van der Waals surface area contributed by atoms with E-state index in [2.05, 4.69) is 10.5 Å². The molecule has 0 aromatic heterocycles. The van der Waals surface area contributed by atoms with Crippen LogP contribution >= 0.6 is 0 Å². The predicted octanol–water partition coefficient (Wildman–Crippen LogP) is 1.86. The van der Waals surface area contributed by atoms with Crippen LogP contribution in [0.25, 0.3) is 0 Å². The van der Waals surface area contributed by atoms with Gasteiger partial charge in [0.15, 0.2) is 0 Å². The molecule has 0 fully saturated rings. The van der Waals surface area contributed by atoms with Crippen molar-refractivity contribution in [3.8, 4) is 0 Å². The Bertz CT molecular complexity index is 611. The zero-order valence-electron chi connectivity index (χ0n) is 11.1.